The number of hydrogen-bond acceptors (Lipinski definition) is 3. The highest BCUT2D eigenvalue weighted by Gasteiger charge is 2.26. The third-order valence-electron chi connectivity index (χ3n) is 5.49. The fourth-order valence-corrected chi connectivity index (χ4v) is 4.85. The SMILES string of the molecule is CN(CC(=O)N1CC=C(c2ccccc2)CC1)S(=O)(=O)c1ccc2ccccc2c1. The molecular weight excluding hydrogens is 396 g/mol. The van der Waals surface area contributed by atoms with Crippen LogP contribution in [-0.2, 0) is 14.8 Å². The monoisotopic (exact) mass is 420 g/mol. The minimum atomic E-state index is -3.75. The van der Waals surface area contributed by atoms with Crippen LogP contribution in [0.25, 0.3) is 16.3 Å². The Morgan fingerprint density at radius 1 is 0.967 bits per heavy atom. The van der Waals surface area contributed by atoms with Crippen LogP contribution in [0.2, 0.25) is 0 Å². The van der Waals surface area contributed by atoms with Gasteiger partial charge in [0.15, 0.2) is 0 Å². The van der Waals surface area contributed by atoms with E-state index in [1.807, 2.05) is 42.5 Å². The largest absolute Gasteiger partial charge is 0.337 e. The molecule has 30 heavy (non-hydrogen) atoms. The third-order valence-corrected chi connectivity index (χ3v) is 7.29. The molecule has 0 saturated carbocycles. The van der Waals surface area contributed by atoms with Gasteiger partial charge in [-0.25, -0.2) is 8.42 Å². The lowest BCUT2D eigenvalue weighted by Gasteiger charge is -2.28. The summed E-state index contributed by atoms with van der Waals surface area (Å²) in [5, 5.41) is 1.83. The topological polar surface area (TPSA) is 57.7 Å². The van der Waals surface area contributed by atoms with Gasteiger partial charge in [0.25, 0.3) is 0 Å². The maximum Gasteiger partial charge on any atom is 0.243 e. The van der Waals surface area contributed by atoms with Gasteiger partial charge in [-0.15, -0.1) is 0 Å². The van der Waals surface area contributed by atoms with Crippen LogP contribution in [0.5, 0.6) is 0 Å². The van der Waals surface area contributed by atoms with Crippen LogP contribution < -0.4 is 0 Å². The highest BCUT2D eigenvalue weighted by Crippen LogP contribution is 2.23. The molecule has 1 heterocycles. The molecule has 4 rings (SSSR count). The zero-order valence-electron chi connectivity index (χ0n) is 16.9. The van der Waals surface area contributed by atoms with Gasteiger partial charge in [-0.05, 0) is 40.5 Å². The third kappa shape index (κ3) is 4.15. The summed E-state index contributed by atoms with van der Waals surface area (Å²) in [6, 6.07) is 22.7. The molecule has 0 spiro atoms. The van der Waals surface area contributed by atoms with Crippen LogP contribution in [0.3, 0.4) is 0 Å². The van der Waals surface area contributed by atoms with Crippen molar-refractivity contribution < 1.29 is 13.2 Å². The van der Waals surface area contributed by atoms with Crippen LogP contribution in [0.15, 0.2) is 83.8 Å². The Kier molecular flexibility index (Phi) is 5.70. The van der Waals surface area contributed by atoms with E-state index in [4.69, 9.17) is 0 Å². The molecule has 0 bridgehead atoms. The highest BCUT2D eigenvalue weighted by molar-refractivity contribution is 7.89. The number of benzene rings is 3. The zero-order chi connectivity index (χ0) is 21.1. The molecule has 5 nitrogen and oxygen atoms in total. The van der Waals surface area contributed by atoms with Gasteiger partial charge in [-0.3, -0.25) is 4.79 Å². The molecule has 0 aliphatic carbocycles. The summed E-state index contributed by atoms with van der Waals surface area (Å²) < 4.78 is 27.1. The van der Waals surface area contributed by atoms with E-state index in [1.165, 1.54) is 18.2 Å². The number of carbonyl (C=O) groups excluding carboxylic acids is 1. The van der Waals surface area contributed by atoms with Gasteiger partial charge in [-0.1, -0.05) is 66.7 Å². The molecule has 0 saturated heterocycles. The number of fused-ring (bicyclic) bond motifs is 1. The number of sulfonamides is 1. The van der Waals surface area contributed by atoms with Gasteiger partial charge >= 0.3 is 0 Å². The molecule has 0 fully saturated rings. The molecule has 154 valence electrons. The van der Waals surface area contributed by atoms with E-state index in [0.717, 1.165) is 21.5 Å². The lowest BCUT2D eigenvalue weighted by molar-refractivity contribution is -0.130. The van der Waals surface area contributed by atoms with Crippen molar-refractivity contribution in [3.8, 4) is 0 Å². The smallest absolute Gasteiger partial charge is 0.243 e. The van der Waals surface area contributed by atoms with Gasteiger partial charge in [-0.2, -0.15) is 4.31 Å². The average molecular weight is 421 g/mol. The second kappa shape index (κ2) is 8.42. The Morgan fingerprint density at radius 2 is 1.67 bits per heavy atom. The predicted octanol–water partition coefficient (Wildman–Crippen LogP) is 3.78. The maximum absolute atomic E-state index is 13.0. The molecule has 0 atom stereocenters. The van der Waals surface area contributed by atoms with E-state index in [1.54, 1.807) is 23.1 Å². The van der Waals surface area contributed by atoms with Crippen molar-refractivity contribution in [3.05, 3.63) is 84.4 Å². The van der Waals surface area contributed by atoms with Crippen LogP contribution in [0.4, 0.5) is 0 Å². The maximum atomic E-state index is 13.0. The van der Waals surface area contributed by atoms with Crippen LogP contribution >= 0.6 is 0 Å². The first-order valence-corrected chi connectivity index (χ1v) is 11.4. The Hall–Kier alpha value is -2.96. The van der Waals surface area contributed by atoms with E-state index in [-0.39, 0.29) is 17.3 Å². The van der Waals surface area contributed by atoms with Crippen molar-refractivity contribution >= 4 is 32.3 Å². The van der Waals surface area contributed by atoms with E-state index < -0.39 is 10.0 Å². The summed E-state index contributed by atoms with van der Waals surface area (Å²) in [6.45, 7) is 0.903. The van der Waals surface area contributed by atoms with Crippen LogP contribution in [-0.4, -0.2) is 50.2 Å². The molecule has 0 unspecified atom stereocenters. The molecule has 0 N–H and O–H groups in total. The van der Waals surface area contributed by atoms with Gasteiger partial charge in [0.05, 0.1) is 11.4 Å². The summed E-state index contributed by atoms with van der Waals surface area (Å²) in [7, 11) is -2.29. The normalized spacial score (nSPS) is 14.7. The second-order valence-corrected chi connectivity index (χ2v) is 9.50. The summed E-state index contributed by atoms with van der Waals surface area (Å²) in [5.41, 5.74) is 2.39. The van der Waals surface area contributed by atoms with Crippen molar-refractivity contribution in [1.29, 1.82) is 0 Å². The van der Waals surface area contributed by atoms with Gasteiger partial charge in [0.1, 0.15) is 0 Å². The van der Waals surface area contributed by atoms with Crippen LogP contribution in [0.1, 0.15) is 12.0 Å². The molecule has 0 radical (unpaired) electrons. The Balaban J connectivity index is 1.44. The fourth-order valence-electron chi connectivity index (χ4n) is 3.69. The average Bonchev–Trinajstić information content (AvgIpc) is 2.79. The Morgan fingerprint density at radius 3 is 2.37 bits per heavy atom. The Bertz CT molecular complexity index is 1200. The van der Waals surface area contributed by atoms with Crippen molar-refractivity contribution in [2.45, 2.75) is 11.3 Å². The first kappa shape index (κ1) is 20.3. The quantitative estimate of drug-likeness (QED) is 0.631. The van der Waals surface area contributed by atoms with Crippen molar-refractivity contribution in [2.75, 3.05) is 26.7 Å². The van der Waals surface area contributed by atoms with E-state index in [9.17, 15) is 13.2 Å². The van der Waals surface area contributed by atoms with E-state index in [0.29, 0.717) is 13.1 Å². The molecule has 0 aromatic heterocycles. The number of amides is 1. The van der Waals surface area contributed by atoms with Crippen molar-refractivity contribution in [2.24, 2.45) is 0 Å². The molecule has 1 amide bonds. The summed E-state index contributed by atoms with van der Waals surface area (Å²) in [4.78, 5) is 14.6. The lowest BCUT2D eigenvalue weighted by Crippen LogP contribution is -2.42. The molecule has 3 aromatic carbocycles. The second-order valence-electron chi connectivity index (χ2n) is 7.46. The Labute approximate surface area is 177 Å². The standard InChI is InChI=1S/C24H24N2O3S/c1-25(30(28,29)23-12-11-20-9-5-6-10-22(20)17-23)18-24(27)26-15-13-21(14-16-26)19-7-3-2-4-8-19/h2-13,17H,14-16,18H2,1H3. The molecule has 6 heteroatoms. The molecule has 1 aliphatic rings. The number of hydrogen-bond donors (Lipinski definition) is 0. The van der Waals surface area contributed by atoms with Crippen molar-refractivity contribution in [3.63, 3.8) is 0 Å². The summed E-state index contributed by atoms with van der Waals surface area (Å²) >= 11 is 0. The first-order valence-electron chi connectivity index (χ1n) is 9.92. The summed E-state index contributed by atoms with van der Waals surface area (Å²) in [5.74, 6) is -0.190. The van der Waals surface area contributed by atoms with Gasteiger partial charge in [0, 0.05) is 20.1 Å². The van der Waals surface area contributed by atoms with Crippen molar-refractivity contribution in [1.82, 2.24) is 9.21 Å². The van der Waals surface area contributed by atoms with E-state index >= 15 is 0 Å². The number of likely N-dealkylation sites (N-methyl/N-ethyl adjacent to an activating group) is 1. The number of carbonyl (C=O) groups is 1. The fraction of sp³-hybridized carbons (Fsp3) is 0.208. The number of rotatable bonds is 5. The highest BCUT2D eigenvalue weighted by atomic mass is 32.2. The van der Waals surface area contributed by atoms with Crippen LogP contribution in [0, 0.1) is 0 Å². The predicted molar refractivity (Wildman–Crippen MR) is 119 cm³/mol. The minimum absolute atomic E-state index is 0.177. The minimum Gasteiger partial charge on any atom is -0.337 e. The van der Waals surface area contributed by atoms with Gasteiger partial charge in [0.2, 0.25) is 15.9 Å². The molecule has 1 aliphatic heterocycles. The molecular formula is C24H24N2O3S. The summed E-state index contributed by atoms with van der Waals surface area (Å²) in [6.07, 6.45) is 2.81. The molecule has 3 aromatic rings. The van der Waals surface area contributed by atoms with E-state index in [2.05, 4.69) is 18.2 Å². The lowest BCUT2D eigenvalue weighted by atomic mass is 9.99. The first-order chi connectivity index (χ1) is 14.4. The number of nitrogens with zero attached hydrogens (tertiary/aromatic N) is 2. The zero-order valence-corrected chi connectivity index (χ0v) is 17.7. The van der Waals surface area contributed by atoms with Gasteiger partial charge < -0.3 is 4.90 Å².